The average Bonchev–Trinajstić information content (AvgIpc) is 2.99. The Hall–Kier alpha value is -4.25. The molecule has 6 aromatic rings. The van der Waals surface area contributed by atoms with E-state index >= 15 is 0 Å². The second kappa shape index (κ2) is 12.2. The minimum atomic E-state index is -0.965. The largest absolute Gasteiger partial charge is 0.0620 e. The van der Waals surface area contributed by atoms with Gasteiger partial charge in [0.15, 0.2) is 0 Å². The summed E-state index contributed by atoms with van der Waals surface area (Å²) in [5.74, 6) is 0. The molecule has 0 radical (unpaired) electrons. The Morgan fingerprint density at radius 3 is 0.814 bits per heavy atom. The summed E-state index contributed by atoms with van der Waals surface area (Å²) in [7, 11) is -0.965. The quantitative estimate of drug-likeness (QED) is 0.174. The summed E-state index contributed by atoms with van der Waals surface area (Å²) in [5.41, 5.74) is 15.9. The van der Waals surface area contributed by atoms with Gasteiger partial charge in [-0.1, -0.05) is 127 Å². The lowest BCUT2D eigenvalue weighted by atomic mass is 9.96. The van der Waals surface area contributed by atoms with E-state index in [0.717, 1.165) is 0 Å². The highest BCUT2D eigenvalue weighted by Crippen LogP contribution is 2.45. The van der Waals surface area contributed by atoms with Crippen LogP contribution in [0.15, 0.2) is 127 Å². The van der Waals surface area contributed by atoms with Gasteiger partial charge in [-0.15, -0.1) is 0 Å². The number of rotatable bonds is 6. The fourth-order valence-electron chi connectivity index (χ4n) is 6.52. The zero-order chi connectivity index (χ0) is 30.1. The second-order valence-electron chi connectivity index (χ2n) is 11.7. The molecule has 0 bridgehead atoms. The maximum atomic E-state index is 2.40. The van der Waals surface area contributed by atoms with Gasteiger partial charge in [-0.05, 0) is 132 Å². The van der Waals surface area contributed by atoms with Crippen molar-refractivity contribution < 1.29 is 0 Å². The van der Waals surface area contributed by atoms with Crippen LogP contribution in [0, 0.1) is 41.5 Å². The Balaban J connectivity index is 1.77. The maximum Gasteiger partial charge on any atom is -0.00684 e. The first kappa shape index (κ1) is 28.9. The molecule has 0 saturated carbocycles. The van der Waals surface area contributed by atoms with Gasteiger partial charge in [-0.2, -0.15) is 0 Å². The molecule has 6 aromatic carbocycles. The van der Waals surface area contributed by atoms with Crippen LogP contribution in [0.3, 0.4) is 0 Å². The highest BCUT2D eigenvalue weighted by Gasteiger charge is 2.28. The lowest BCUT2D eigenvalue weighted by Crippen LogP contribution is -2.26. The molecule has 0 spiro atoms. The second-order valence-corrected chi connectivity index (χ2v) is 13.8. The van der Waals surface area contributed by atoms with Gasteiger partial charge in [0.1, 0.15) is 0 Å². The van der Waals surface area contributed by atoms with Crippen LogP contribution in [0.5, 0.6) is 0 Å². The van der Waals surface area contributed by atoms with Gasteiger partial charge in [0, 0.05) is 0 Å². The van der Waals surface area contributed by atoms with Crippen molar-refractivity contribution >= 4 is 23.8 Å². The molecule has 6 rings (SSSR count). The third-order valence-corrected chi connectivity index (χ3v) is 11.3. The Labute approximate surface area is 258 Å². The highest BCUT2D eigenvalue weighted by molar-refractivity contribution is 7.80. The van der Waals surface area contributed by atoms with Gasteiger partial charge in [0.2, 0.25) is 0 Å². The zero-order valence-electron chi connectivity index (χ0n) is 26.1. The molecule has 0 nitrogen and oxygen atoms in total. The average molecular weight is 575 g/mol. The minimum Gasteiger partial charge on any atom is -0.0620 e. The molecule has 0 unspecified atom stereocenters. The van der Waals surface area contributed by atoms with Crippen LogP contribution >= 0.6 is 7.92 Å². The molecule has 0 aliphatic carbocycles. The fraction of sp³-hybridized carbons (Fsp3) is 0.143. The van der Waals surface area contributed by atoms with E-state index in [1.54, 1.807) is 0 Å². The zero-order valence-corrected chi connectivity index (χ0v) is 27.0. The van der Waals surface area contributed by atoms with E-state index in [2.05, 4.69) is 169 Å². The van der Waals surface area contributed by atoms with Gasteiger partial charge in [0.25, 0.3) is 0 Å². The van der Waals surface area contributed by atoms with Crippen LogP contribution in [0.25, 0.3) is 33.4 Å². The first-order valence-electron chi connectivity index (χ1n) is 15.1. The molecule has 0 saturated heterocycles. The van der Waals surface area contributed by atoms with Crippen LogP contribution < -0.4 is 15.9 Å². The normalized spacial score (nSPS) is 11.2. The van der Waals surface area contributed by atoms with Gasteiger partial charge < -0.3 is 0 Å². The van der Waals surface area contributed by atoms with Crippen LogP contribution in [0.4, 0.5) is 0 Å². The predicted octanol–water partition coefficient (Wildman–Crippen LogP) is 10.3. The predicted molar refractivity (Wildman–Crippen MR) is 190 cm³/mol. The first-order chi connectivity index (χ1) is 20.9. The van der Waals surface area contributed by atoms with Crippen molar-refractivity contribution in [3.63, 3.8) is 0 Å². The van der Waals surface area contributed by atoms with Crippen molar-refractivity contribution in [3.05, 3.63) is 161 Å². The van der Waals surface area contributed by atoms with E-state index in [1.165, 1.54) is 82.7 Å². The molecular formula is C42H39P. The molecule has 1 heteroatoms. The molecule has 212 valence electrons. The minimum absolute atomic E-state index is 0.965. The standard InChI is InChI=1S/C42H39P/c1-28-16-7-10-22-34(28)40-31(4)19-13-25-37(40)43(38-26-14-20-32(5)41(38)35-23-11-8-17-29(35)2)39-27-15-21-33(6)42(39)36-24-12-9-18-30(36)3/h7-27H,1-6H3. The highest BCUT2D eigenvalue weighted by atomic mass is 31.1. The Kier molecular flexibility index (Phi) is 8.16. The van der Waals surface area contributed by atoms with Crippen LogP contribution in [0.1, 0.15) is 33.4 Å². The van der Waals surface area contributed by atoms with Crippen molar-refractivity contribution in [2.75, 3.05) is 0 Å². The topological polar surface area (TPSA) is 0 Å². The Morgan fingerprint density at radius 1 is 0.279 bits per heavy atom. The van der Waals surface area contributed by atoms with Crippen LogP contribution in [-0.2, 0) is 0 Å². The van der Waals surface area contributed by atoms with Crippen molar-refractivity contribution in [2.24, 2.45) is 0 Å². The van der Waals surface area contributed by atoms with Crippen LogP contribution in [-0.4, -0.2) is 0 Å². The Bertz CT molecular complexity index is 1720. The van der Waals surface area contributed by atoms with E-state index in [1.807, 2.05) is 0 Å². The Morgan fingerprint density at radius 2 is 0.535 bits per heavy atom. The third kappa shape index (κ3) is 5.37. The van der Waals surface area contributed by atoms with Crippen molar-refractivity contribution in [3.8, 4) is 33.4 Å². The molecule has 0 amide bonds. The monoisotopic (exact) mass is 574 g/mol. The van der Waals surface area contributed by atoms with Gasteiger partial charge in [-0.25, -0.2) is 0 Å². The summed E-state index contributed by atoms with van der Waals surface area (Å²) >= 11 is 0. The molecule has 43 heavy (non-hydrogen) atoms. The van der Waals surface area contributed by atoms with E-state index in [4.69, 9.17) is 0 Å². The van der Waals surface area contributed by atoms with Crippen molar-refractivity contribution in [1.82, 2.24) is 0 Å². The fourth-order valence-corrected chi connectivity index (χ4v) is 9.56. The van der Waals surface area contributed by atoms with Gasteiger partial charge in [0.05, 0.1) is 0 Å². The molecule has 0 heterocycles. The van der Waals surface area contributed by atoms with E-state index in [0.29, 0.717) is 0 Å². The summed E-state index contributed by atoms with van der Waals surface area (Å²) in [6.07, 6.45) is 0. The molecule has 0 N–H and O–H groups in total. The van der Waals surface area contributed by atoms with Crippen molar-refractivity contribution in [2.45, 2.75) is 41.5 Å². The molecule has 0 aliphatic rings. The van der Waals surface area contributed by atoms with E-state index in [-0.39, 0.29) is 0 Å². The lowest BCUT2D eigenvalue weighted by Gasteiger charge is -2.30. The molecule has 0 atom stereocenters. The summed E-state index contributed by atoms with van der Waals surface area (Å²) in [6, 6.07) is 47.4. The van der Waals surface area contributed by atoms with E-state index in [9.17, 15) is 0 Å². The number of hydrogen-bond acceptors (Lipinski definition) is 0. The molecular weight excluding hydrogens is 535 g/mol. The first-order valence-corrected chi connectivity index (χ1v) is 16.5. The van der Waals surface area contributed by atoms with Crippen molar-refractivity contribution in [1.29, 1.82) is 0 Å². The summed E-state index contributed by atoms with van der Waals surface area (Å²) < 4.78 is 0. The summed E-state index contributed by atoms with van der Waals surface area (Å²) in [5, 5.41) is 4.22. The summed E-state index contributed by atoms with van der Waals surface area (Å²) in [4.78, 5) is 0. The molecule has 0 fully saturated rings. The number of hydrogen-bond donors (Lipinski definition) is 0. The number of aryl methyl sites for hydroxylation is 6. The molecule has 0 aromatic heterocycles. The van der Waals surface area contributed by atoms with Crippen LogP contribution in [0.2, 0.25) is 0 Å². The SMILES string of the molecule is Cc1ccccc1-c1c(C)cccc1P(c1cccc(C)c1-c1ccccc1C)c1cccc(C)c1-c1ccccc1C. The smallest absolute Gasteiger partial charge is 0.00684 e. The summed E-state index contributed by atoms with van der Waals surface area (Å²) in [6.45, 7) is 13.5. The van der Waals surface area contributed by atoms with Gasteiger partial charge in [-0.3, -0.25) is 0 Å². The van der Waals surface area contributed by atoms with Gasteiger partial charge >= 0.3 is 0 Å². The third-order valence-electron chi connectivity index (χ3n) is 8.72. The van der Waals surface area contributed by atoms with E-state index < -0.39 is 7.92 Å². The lowest BCUT2D eigenvalue weighted by molar-refractivity contribution is 1.41. The number of benzene rings is 6. The molecule has 0 aliphatic heterocycles. The maximum absolute atomic E-state index is 2.40.